The molecule has 2 rings (SSSR count). The lowest BCUT2D eigenvalue weighted by atomic mass is 10.2. The molecule has 26 heavy (non-hydrogen) atoms. The molecule has 138 valence electrons. The topological polar surface area (TPSA) is 119 Å². The fourth-order valence-electron chi connectivity index (χ4n) is 2.40. The van der Waals surface area contributed by atoms with Gasteiger partial charge >= 0.3 is 12.0 Å². The van der Waals surface area contributed by atoms with Crippen LogP contribution in [0.5, 0.6) is 0 Å². The number of benzene rings is 1. The molecule has 0 saturated heterocycles. The van der Waals surface area contributed by atoms with Gasteiger partial charge in [-0.3, -0.25) is 14.9 Å². The molecule has 0 radical (unpaired) electrons. The van der Waals surface area contributed by atoms with E-state index >= 15 is 0 Å². The van der Waals surface area contributed by atoms with Crippen LogP contribution in [0, 0.1) is 6.92 Å². The normalized spacial score (nSPS) is 10.4. The SMILES string of the molecule is CCNC(=O)NC(=O)COC(=O)c1ccc2c(c1)nc(C)c(=O)n2CC. The second kappa shape index (κ2) is 8.24. The maximum atomic E-state index is 12.1. The van der Waals surface area contributed by atoms with Crippen LogP contribution in [0.3, 0.4) is 0 Å². The van der Waals surface area contributed by atoms with E-state index in [0.29, 0.717) is 29.8 Å². The summed E-state index contributed by atoms with van der Waals surface area (Å²) in [6.45, 7) is 5.40. The number of ether oxygens (including phenoxy) is 1. The van der Waals surface area contributed by atoms with Gasteiger partial charge in [-0.2, -0.15) is 0 Å². The van der Waals surface area contributed by atoms with Crippen molar-refractivity contribution in [2.75, 3.05) is 13.2 Å². The molecule has 0 aliphatic rings. The molecule has 9 heteroatoms. The number of carbonyl (C=O) groups is 3. The molecule has 0 fully saturated rings. The molecular formula is C17H20N4O5. The van der Waals surface area contributed by atoms with Crippen LogP contribution in [-0.2, 0) is 16.1 Å². The quantitative estimate of drug-likeness (QED) is 0.759. The van der Waals surface area contributed by atoms with Crippen LogP contribution in [0.25, 0.3) is 11.0 Å². The van der Waals surface area contributed by atoms with Gasteiger partial charge in [0.05, 0.1) is 16.6 Å². The Morgan fingerprint density at radius 1 is 1.23 bits per heavy atom. The number of rotatable bonds is 5. The van der Waals surface area contributed by atoms with Crippen LogP contribution in [-0.4, -0.2) is 40.6 Å². The number of nitrogens with one attached hydrogen (secondary N) is 2. The van der Waals surface area contributed by atoms with Gasteiger partial charge in [0.2, 0.25) is 0 Å². The number of aromatic nitrogens is 2. The summed E-state index contributed by atoms with van der Waals surface area (Å²) in [7, 11) is 0. The van der Waals surface area contributed by atoms with Crippen molar-refractivity contribution < 1.29 is 19.1 Å². The highest BCUT2D eigenvalue weighted by atomic mass is 16.5. The first-order chi connectivity index (χ1) is 12.4. The second-order valence-electron chi connectivity index (χ2n) is 5.43. The Morgan fingerprint density at radius 3 is 2.62 bits per heavy atom. The van der Waals surface area contributed by atoms with E-state index in [-0.39, 0.29) is 11.1 Å². The van der Waals surface area contributed by atoms with Crippen molar-refractivity contribution in [3.63, 3.8) is 0 Å². The summed E-state index contributed by atoms with van der Waals surface area (Å²) in [4.78, 5) is 51.2. The van der Waals surface area contributed by atoms with Crippen LogP contribution < -0.4 is 16.2 Å². The summed E-state index contributed by atoms with van der Waals surface area (Å²) < 4.78 is 6.46. The fourth-order valence-corrected chi connectivity index (χ4v) is 2.40. The van der Waals surface area contributed by atoms with E-state index < -0.39 is 24.5 Å². The van der Waals surface area contributed by atoms with E-state index in [9.17, 15) is 19.2 Å². The zero-order valence-corrected chi connectivity index (χ0v) is 14.8. The third-order valence-electron chi connectivity index (χ3n) is 3.59. The average molecular weight is 360 g/mol. The standard InChI is InChI=1S/C17H20N4O5/c1-4-18-17(25)20-14(22)9-26-16(24)11-6-7-13-12(8-11)19-10(3)15(23)21(13)5-2/h6-8H,4-5,9H2,1-3H3,(H2,18,20,22,25). The van der Waals surface area contributed by atoms with E-state index in [1.54, 1.807) is 24.5 Å². The Bertz CT molecular complexity index is 919. The number of amides is 3. The van der Waals surface area contributed by atoms with Gasteiger partial charge in [0, 0.05) is 13.1 Å². The molecule has 0 saturated carbocycles. The van der Waals surface area contributed by atoms with E-state index in [1.807, 2.05) is 12.2 Å². The summed E-state index contributed by atoms with van der Waals surface area (Å²) in [5.41, 5.74) is 1.42. The molecular weight excluding hydrogens is 340 g/mol. The van der Waals surface area contributed by atoms with E-state index in [2.05, 4.69) is 10.3 Å². The number of urea groups is 1. The summed E-state index contributed by atoms with van der Waals surface area (Å²) >= 11 is 0. The van der Waals surface area contributed by atoms with Crippen LogP contribution in [0.4, 0.5) is 4.79 Å². The second-order valence-corrected chi connectivity index (χ2v) is 5.43. The molecule has 0 aliphatic carbocycles. The van der Waals surface area contributed by atoms with Crippen LogP contribution in [0.2, 0.25) is 0 Å². The first-order valence-electron chi connectivity index (χ1n) is 8.13. The van der Waals surface area contributed by atoms with Gasteiger partial charge < -0.3 is 14.6 Å². The van der Waals surface area contributed by atoms with Crippen molar-refractivity contribution in [3.8, 4) is 0 Å². The van der Waals surface area contributed by atoms with Gasteiger partial charge in [0.1, 0.15) is 5.69 Å². The highest BCUT2D eigenvalue weighted by Crippen LogP contribution is 2.14. The van der Waals surface area contributed by atoms with Crippen molar-refractivity contribution in [3.05, 3.63) is 39.8 Å². The van der Waals surface area contributed by atoms with E-state index in [0.717, 1.165) is 0 Å². The molecule has 0 aliphatic heterocycles. The Morgan fingerprint density at radius 2 is 1.96 bits per heavy atom. The first kappa shape index (κ1) is 19.1. The van der Waals surface area contributed by atoms with Gasteiger partial charge in [-0.25, -0.2) is 14.6 Å². The first-order valence-corrected chi connectivity index (χ1v) is 8.13. The number of hydrogen-bond donors (Lipinski definition) is 2. The molecule has 1 aromatic carbocycles. The third kappa shape index (κ3) is 4.24. The van der Waals surface area contributed by atoms with Gasteiger partial charge in [0.25, 0.3) is 11.5 Å². The lowest BCUT2D eigenvalue weighted by Gasteiger charge is -2.10. The maximum Gasteiger partial charge on any atom is 0.338 e. The molecule has 2 aromatic rings. The van der Waals surface area contributed by atoms with E-state index in [1.165, 1.54) is 12.1 Å². The summed E-state index contributed by atoms with van der Waals surface area (Å²) in [6, 6.07) is 3.95. The predicted octanol–water partition coefficient (Wildman–Crippen LogP) is 0.727. The van der Waals surface area contributed by atoms with Crippen LogP contribution in [0.15, 0.2) is 23.0 Å². The van der Waals surface area contributed by atoms with Gasteiger partial charge in [0.15, 0.2) is 6.61 Å². The predicted molar refractivity (Wildman–Crippen MR) is 93.9 cm³/mol. The van der Waals surface area contributed by atoms with Crippen molar-refractivity contribution in [2.24, 2.45) is 0 Å². The van der Waals surface area contributed by atoms with Gasteiger partial charge in [-0.15, -0.1) is 0 Å². The number of hydrogen-bond acceptors (Lipinski definition) is 6. The van der Waals surface area contributed by atoms with Gasteiger partial charge in [-0.05, 0) is 39.0 Å². The molecule has 2 N–H and O–H groups in total. The molecule has 1 heterocycles. The highest BCUT2D eigenvalue weighted by Gasteiger charge is 2.14. The minimum absolute atomic E-state index is 0.183. The van der Waals surface area contributed by atoms with Crippen molar-refractivity contribution in [1.82, 2.24) is 20.2 Å². The van der Waals surface area contributed by atoms with Crippen LogP contribution >= 0.6 is 0 Å². The summed E-state index contributed by atoms with van der Waals surface area (Å²) in [6.07, 6.45) is 0. The number of carbonyl (C=O) groups excluding carboxylic acids is 3. The Labute approximate surface area is 149 Å². The zero-order chi connectivity index (χ0) is 19.3. The summed E-state index contributed by atoms with van der Waals surface area (Å²) in [5, 5.41) is 4.42. The van der Waals surface area contributed by atoms with Crippen molar-refractivity contribution in [2.45, 2.75) is 27.3 Å². The lowest BCUT2D eigenvalue weighted by molar-refractivity contribution is -0.123. The molecule has 0 spiro atoms. The number of esters is 1. The van der Waals surface area contributed by atoms with Crippen LogP contribution in [0.1, 0.15) is 29.9 Å². The molecule has 0 atom stereocenters. The number of fused-ring (bicyclic) bond motifs is 1. The molecule has 3 amide bonds. The molecule has 0 unspecified atom stereocenters. The number of imide groups is 1. The lowest BCUT2D eigenvalue weighted by Crippen LogP contribution is -2.41. The smallest absolute Gasteiger partial charge is 0.338 e. The van der Waals surface area contributed by atoms with Crippen molar-refractivity contribution in [1.29, 1.82) is 0 Å². The Balaban J connectivity index is 2.14. The van der Waals surface area contributed by atoms with Gasteiger partial charge in [-0.1, -0.05) is 0 Å². The largest absolute Gasteiger partial charge is 0.452 e. The Hall–Kier alpha value is -3.23. The zero-order valence-electron chi connectivity index (χ0n) is 14.8. The molecule has 1 aromatic heterocycles. The number of nitrogens with zero attached hydrogens (tertiary/aromatic N) is 2. The maximum absolute atomic E-state index is 12.1. The van der Waals surface area contributed by atoms with Crippen molar-refractivity contribution >= 4 is 28.9 Å². The third-order valence-corrected chi connectivity index (χ3v) is 3.59. The van der Waals surface area contributed by atoms with E-state index in [4.69, 9.17) is 4.74 Å². The molecule has 9 nitrogen and oxygen atoms in total. The minimum atomic E-state index is -0.737. The summed E-state index contributed by atoms with van der Waals surface area (Å²) in [5.74, 6) is -1.47. The highest BCUT2D eigenvalue weighted by molar-refractivity contribution is 5.98. The Kier molecular flexibility index (Phi) is 6.05. The minimum Gasteiger partial charge on any atom is -0.452 e. The number of aryl methyl sites for hydroxylation is 2. The fraction of sp³-hybridized carbons (Fsp3) is 0.353. The monoisotopic (exact) mass is 360 g/mol. The molecule has 0 bridgehead atoms. The average Bonchev–Trinajstić information content (AvgIpc) is 2.60.